The highest BCUT2D eigenvalue weighted by Crippen LogP contribution is 2.34. The molecule has 0 radical (unpaired) electrons. The largest absolute Gasteiger partial charge is 0.462 e. The van der Waals surface area contributed by atoms with E-state index in [1.54, 1.807) is 0 Å². The molecule has 0 amide bonds. The Kier molecular flexibility index (Phi) is 18.5. The number of carbonyl (C=O) groups excluding carboxylic acids is 2. The fraction of sp³-hybridized carbons (Fsp3) is 0.929. The van der Waals surface area contributed by atoms with Crippen molar-refractivity contribution in [2.45, 2.75) is 149 Å². The van der Waals surface area contributed by atoms with E-state index in [2.05, 4.69) is 13.8 Å². The first-order valence-electron chi connectivity index (χ1n) is 13.9. The Morgan fingerprint density at radius 1 is 0.706 bits per heavy atom. The molecular weight excluding hydrogens is 432 g/mol. The molecule has 6 heteroatoms. The lowest BCUT2D eigenvalue weighted by molar-refractivity contribution is -0.160. The maximum Gasteiger partial charge on any atom is 0.309 e. The summed E-state index contributed by atoms with van der Waals surface area (Å²) < 4.78 is 11.6. The van der Waals surface area contributed by atoms with Crippen molar-refractivity contribution in [3.05, 3.63) is 0 Å². The zero-order valence-electron chi connectivity index (χ0n) is 22.2. The quantitative estimate of drug-likeness (QED) is 0.217. The van der Waals surface area contributed by atoms with Crippen LogP contribution in [-0.4, -0.2) is 35.1 Å². The van der Waals surface area contributed by atoms with Gasteiger partial charge in [0.15, 0.2) is 0 Å². The third-order valence-corrected chi connectivity index (χ3v) is 7.72. The number of ether oxygens (including phenoxy) is 2. The summed E-state index contributed by atoms with van der Waals surface area (Å²) in [4.78, 5) is 25.2. The third-order valence-electron chi connectivity index (χ3n) is 7.72. The SMILES string of the molecule is CCCCCCC1CCC(C(=O)OC2CCC(C(=O)OC(C)CCCCCC)CC2)CC1.O.O. The maximum absolute atomic E-state index is 12.7. The second kappa shape index (κ2) is 19.1. The van der Waals surface area contributed by atoms with Crippen molar-refractivity contribution >= 4 is 11.9 Å². The van der Waals surface area contributed by atoms with Gasteiger partial charge in [0.25, 0.3) is 0 Å². The molecule has 0 saturated heterocycles. The van der Waals surface area contributed by atoms with Crippen LogP contribution in [0.2, 0.25) is 0 Å². The number of unbranched alkanes of at least 4 members (excludes halogenated alkanes) is 6. The van der Waals surface area contributed by atoms with Gasteiger partial charge in [-0.15, -0.1) is 0 Å². The topological polar surface area (TPSA) is 116 Å². The zero-order valence-corrected chi connectivity index (χ0v) is 22.2. The Labute approximate surface area is 208 Å². The number of hydrogen-bond acceptors (Lipinski definition) is 4. The van der Waals surface area contributed by atoms with Gasteiger partial charge in [-0.05, 0) is 77.0 Å². The smallest absolute Gasteiger partial charge is 0.309 e. The van der Waals surface area contributed by atoms with E-state index < -0.39 is 0 Å². The summed E-state index contributed by atoms with van der Waals surface area (Å²) in [6, 6.07) is 0. The molecule has 2 aliphatic carbocycles. The molecule has 0 heterocycles. The highest BCUT2D eigenvalue weighted by atomic mass is 16.5. The molecule has 0 spiro atoms. The second-order valence-corrected chi connectivity index (χ2v) is 10.6. The predicted molar refractivity (Wildman–Crippen MR) is 138 cm³/mol. The van der Waals surface area contributed by atoms with Crippen LogP contribution in [-0.2, 0) is 19.1 Å². The second-order valence-electron chi connectivity index (χ2n) is 10.6. The first kappa shape index (κ1) is 32.9. The van der Waals surface area contributed by atoms with Gasteiger partial charge in [-0.2, -0.15) is 0 Å². The summed E-state index contributed by atoms with van der Waals surface area (Å²) in [5.74, 6) is 0.854. The van der Waals surface area contributed by atoms with Gasteiger partial charge in [0.1, 0.15) is 6.10 Å². The molecular formula is C28H54O6. The van der Waals surface area contributed by atoms with Crippen molar-refractivity contribution in [3.63, 3.8) is 0 Å². The normalized spacial score (nSPS) is 25.4. The molecule has 1 atom stereocenters. The Balaban J connectivity index is 0.00000544. The van der Waals surface area contributed by atoms with Crippen LogP contribution >= 0.6 is 0 Å². The number of carbonyl (C=O) groups is 2. The summed E-state index contributed by atoms with van der Waals surface area (Å²) in [6.07, 6.45) is 20.0. The first-order valence-corrected chi connectivity index (χ1v) is 13.9. The zero-order chi connectivity index (χ0) is 23.2. The van der Waals surface area contributed by atoms with Crippen molar-refractivity contribution in [1.29, 1.82) is 0 Å². The van der Waals surface area contributed by atoms with Gasteiger partial charge in [0.2, 0.25) is 0 Å². The summed E-state index contributed by atoms with van der Waals surface area (Å²) in [5.41, 5.74) is 0. The fourth-order valence-electron chi connectivity index (χ4n) is 5.44. The first-order chi connectivity index (χ1) is 15.5. The molecule has 0 aliphatic heterocycles. The van der Waals surface area contributed by atoms with E-state index in [-0.39, 0.29) is 46.9 Å². The van der Waals surface area contributed by atoms with Crippen LogP contribution in [0.25, 0.3) is 0 Å². The number of hydrogen-bond donors (Lipinski definition) is 0. The molecule has 2 rings (SSSR count). The molecule has 6 nitrogen and oxygen atoms in total. The van der Waals surface area contributed by atoms with Crippen LogP contribution < -0.4 is 0 Å². The molecule has 0 aromatic carbocycles. The molecule has 1 unspecified atom stereocenters. The molecule has 0 aromatic rings. The van der Waals surface area contributed by atoms with E-state index in [9.17, 15) is 9.59 Å². The Bertz CT molecular complexity index is 521. The molecule has 2 aliphatic rings. The van der Waals surface area contributed by atoms with Crippen molar-refractivity contribution in [2.75, 3.05) is 0 Å². The van der Waals surface area contributed by atoms with E-state index in [1.807, 2.05) is 6.92 Å². The van der Waals surface area contributed by atoms with E-state index in [4.69, 9.17) is 9.47 Å². The van der Waals surface area contributed by atoms with Gasteiger partial charge in [-0.1, -0.05) is 65.2 Å². The summed E-state index contributed by atoms with van der Waals surface area (Å²) in [6.45, 7) is 6.47. The Hall–Kier alpha value is -1.14. The van der Waals surface area contributed by atoms with Crippen LogP contribution in [0, 0.1) is 17.8 Å². The van der Waals surface area contributed by atoms with Crippen LogP contribution in [0.1, 0.15) is 136 Å². The maximum atomic E-state index is 12.7. The van der Waals surface area contributed by atoms with Crippen LogP contribution in [0.4, 0.5) is 0 Å². The summed E-state index contributed by atoms with van der Waals surface area (Å²) in [5, 5.41) is 0. The van der Waals surface area contributed by atoms with E-state index in [0.717, 1.165) is 57.3 Å². The van der Waals surface area contributed by atoms with E-state index in [0.29, 0.717) is 0 Å². The van der Waals surface area contributed by atoms with Gasteiger partial charge in [-0.25, -0.2) is 0 Å². The average Bonchev–Trinajstić information content (AvgIpc) is 2.80. The van der Waals surface area contributed by atoms with Crippen LogP contribution in [0.15, 0.2) is 0 Å². The molecule has 0 aromatic heterocycles. The van der Waals surface area contributed by atoms with Gasteiger partial charge >= 0.3 is 11.9 Å². The number of esters is 2. The molecule has 34 heavy (non-hydrogen) atoms. The fourth-order valence-corrected chi connectivity index (χ4v) is 5.44. The van der Waals surface area contributed by atoms with Crippen LogP contribution in [0.5, 0.6) is 0 Å². The summed E-state index contributed by atoms with van der Waals surface area (Å²) >= 11 is 0. The van der Waals surface area contributed by atoms with E-state index in [1.165, 1.54) is 64.2 Å². The molecule has 202 valence electrons. The van der Waals surface area contributed by atoms with E-state index >= 15 is 0 Å². The van der Waals surface area contributed by atoms with Crippen molar-refractivity contribution in [3.8, 4) is 0 Å². The summed E-state index contributed by atoms with van der Waals surface area (Å²) in [7, 11) is 0. The molecule has 2 saturated carbocycles. The lowest BCUT2D eigenvalue weighted by Crippen LogP contribution is -2.32. The monoisotopic (exact) mass is 486 g/mol. The van der Waals surface area contributed by atoms with Gasteiger partial charge in [-0.3, -0.25) is 9.59 Å². The Morgan fingerprint density at radius 3 is 1.82 bits per heavy atom. The minimum absolute atomic E-state index is 0. The average molecular weight is 487 g/mol. The van der Waals surface area contributed by atoms with Crippen molar-refractivity contribution in [2.24, 2.45) is 17.8 Å². The minimum Gasteiger partial charge on any atom is -0.462 e. The Morgan fingerprint density at radius 2 is 1.24 bits per heavy atom. The lowest BCUT2D eigenvalue weighted by Gasteiger charge is -2.31. The van der Waals surface area contributed by atoms with Gasteiger partial charge in [0, 0.05) is 0 Å². The highest BCUT2D eigenvalue weighted by molar-refractivity contribution is 5.73. The predicted octanol–water partition coefficient (Wildman–Crippen LogP) is 6.12. The number of rotatable bonds is 14. The molecule has 2 fully saturated rings. The standard InChI is InChI=1S/C28H50O4.2H2O/c1-4-6-8-10-12-22(3)31-27(29)25-18-20-26(21-19-25)32-28(30)24-16-14-23(15-17-24)13-11-9-7-5-2;;/h22-26H,4-21H2,1-3H3;2*1H2. The molecule has 4 N–H and O–H groups in total. The van der Waals surface area contributed by atoms with Gasteiger partial charge < -0.3 is 20.4 Å². The van der Waals surface area contributed by atoms with Crippen molar-refractivity contribution in [1.82, 2.24) is 0 Å². The third kappa shape index (κ3) is 12.5. The highest BCUT2D eigenvalue weighted by Gasteiger charge is 2.33. The van der Waals surface area contributed by atoms with Gasteiger partial charge in [0.05, 0.1) is 17.9 Å². The van der Waals surface area contributed by atoms with Crippen molar-refractivity contribution < 1.29 is 30.0 Å². The molecule has 0 bridgehead atoms. The lowest BCUT2D eigenvalue weighted by atomic mass is 9.79. The van der Waals surface area contributed by atoms with Crippen LogP contribution in [0.3, 0.4) is 0 Å². The minimum atomic E-state index is -0.0463.